The van der Waals surface area contributed by atoms with Crippen molar-refractivity contribution in [2.75, 3.05) is 27.2 Å². The van der Waals surface area contributed by atoms with Crippen molar-refractivity contribution in [2.24, 2.45) is 10.9 Å². The van der Waals surface area contributed by atoms with Crippen molar-refractivity contribution >= 4 is 23.3 Å². The Morgan fingerprint density at radius 1 is 1.52 bits per heavy atom. The quantitative estimate of drug-likeness (QED) is 0.450. The molecule has 1 aromatic rings. The van der Waals surface area contributed by atoms with Gasteiger partial charge < -0.3 is 15.4 Å². The van der Waals surface area contributed by atoms with E-state index in [0.29, 0.717) is 12.5 Å². The van der Waals surface area contributed by atoms with Crippen molar-refractivity contribution in [1.82, 2.24) is 15.6 Å². The summed E-state index contributed by atoms with van der Waals surface area (Å²) in [7, 11) is 3.10. The molecule has 1 aromatic heterocycles. The zero-order valence-corrected chi connectivity index (χ0v) is 13.9. The van der Waals surface area contributed by atoms with Crippen LogP contribution in [0.2, 0.25) is 0 Å². The van der Waals surface area contributed by atoms with Crippen LogP contribution in [0.3, 0.4) is 0 Å². The number of carbonyl (C=O) groups excluding carboxylic acids is 1. The lowest BCUT2D eigenvalue weighted by molar-refractivity contribution is -0.144. The lowest BCUT2D eigenvalue weighted by Gasteiger charge is -2.14. The third-order valence-corrected chi connectivity index (χ3v) is 4.19. The predicted molar refractivity (Wildman–Crippen MR) is 85.7 cm³/mol. The van der Waals surface area contributed by atoms with Crippen molar-refractivity contribution in [1.29, 1.82) is 0 Å². The first-order valence-electron chi connectivity index (χ1n) is 7.06. The minimum atomic E-state index is -0.229. The van der Waals surface area contributed by atoms with Gasteiger partial charge in [-0.1, -0.05) is 13.8 Å². The van der Waals surface area contributed by atoms with Gasteiger partial charge in [-0.2, -0.15) is 0 Å². The smallest absolute Gasteiger partial charge is 0.310 e. The summed E-state index contributed by atoms with van der Waals surface area (Å²) >= 11 is 1.74. The number of nitrogens with zero attached hydrogens (tertiary/aromatic N) is 2. The molecule has 1 heterocycles. The largest absolute Gasteiger partial charge is 0.469 e. The number of guanidine groups is 1. The molecule has 1 unspecified atom stereocenters. The molecule has 0 bridgehead atoms. The van der Waals surface area contributed by atoms with Crippen molar-refractivity contribution in [3.63, 3.8) is 0 Å². The maximum Gasteiger partial charge on any atom is 0.310 e. The summed E-state index contributed by atoms with van der Waals surface area (Å²) in [5.74, 6) is 0.241. The molecule has 0 aliphatic heterocycles. The first kappa shape index (κ1) is 17.4. The Morgan fingerprint density at radius 3 is 2.86 bits per heavy atom. The van der Waals surface area contributed by atoms with E-state index in [1.165, 1.54) is 12.0 Å². The van der Waals surface area contributed by atoms with Crippen LogP contribution in [0.5, 0.6) is 0 Å². The fourth-order valence-corrected chi connectivity index (χ4v) is 2.53. The van der Waals surface area contributed by atoms with Gasteiger partial charge in [0, 0.05) is 37.6 Å². The lowest BCUT2D eigenvalue weighted by atomic mass is 10.2. The van der Waals surface area contributed by atoms with Gasteiger partial charge in [-0.15, -0.1) is 11.3 Å². The van der Waals surface area contributed by atoms with E-state index >= 15 is 0 Å². The molecule has 0 saturated carbocycles. The van der Waals surface area contributed by atoms with Crippen LogP contribution in [-0.4, -0.2) is 44.2 Å². The van der Waals surface area contributed by atoms with Gasteiger partial charge in [0.05, 0.1) is 18.0 Å². The number of thiazole rings is 1. The highest BCUT2D eigenvalue weighted by atomic mass is 32.1. The summed E-state index contributed by atoms with van der Waals surface area (Å²) in [6, 6.07) is 0. The number of carbonyl (C=O) groups is 1. The Morgan fingerprint density at radius 2 is 2.29 bits per heavy atom. The highest BCUT2D eigenvalue weighted by molar-refractivity contribution is 7.11. The van der Waals surface area contributed by atoms with Crippen LogP contribution >= 0.6 is 11.3 Å². The van der Waals surface area contributed by atoms with Gasteiger partial charge in [0.15, 0.2) is 5.96 Å². The second kappa shape index (κ2) is 9.33. The molecule has 7 heteroatoms. The SMILES string of the molecule is CCc1cnc(CCNC(=NC)NCC(C)C(=O)OC)s1. The van der Waals surface area contributed by atoms with Crippen LogP contribution < -0.4 is 10.6 Å². The van der Waals surface area contributed by atoms with E-state index in [9.17, 15) is 4.79 Å². The van der Waals surface area contributed by atoms with Crippen molar-refractivity contribution < 1.29 is 9.53 Å². The van der Waals surface area contributed by atoms with Gasteiger partial charge in [-0.25, -0.2) is 4.98 Å². The van der Waals surface area contributed by atoms with Gasteiger partial charge in [-0.3, -0.25) is 9.79 Å². The lowest BCUT2D eigenvalue weighted by Crippen LogP contribution is -2.41. The van der Waals surface area contributed by atoms with E-state index in [1.54, 1.807) is 18.4 Å². The van der Waals surface area contributed by atoms with E-state index in [4.69, 9.17) is 0 Å². The summed E-state index contributed by atoms with van der Waals surface area (Å²) in [6.45, 7) is 5.18. The Hall–Kier alpha value is -1.63. The standard InChI is InChI=1S/C14H24N4O2S/c1-5-11-9-17-12(21-11)6-7-16-14(15-3)18-8-10(2)13(19)20-4/h9-10H,5-8H2,1-4H3,(H2,15,16,18). The Balaban J connectivity index is 2.29. The van der Waals surface area contributed by atoms with Crippen LogP contribution in [-0.2, 0) is 22.4 Å². The van der Waals surface area contributed by atoms with E-state index in [2.05, 4.69) is 32.3 Å². The molecule has 0 aromatic carbocycles. The van der Waals surface area contributed by atoms with Gasteiger partial charge in [0.2, 0.25) is 0 Å². The third-order valence-electron chi connectivity index (χ3n) is 2.98. The molecular weight excluding hydrogens is 288 g/mol. The molecular formula is C14H24N4O2S. The molecule has 0 aliphatic rings. The zero-order valence-electron chi connectivity index (χ0n) is 13.1. The van der Waals surface area contributed by atoms with Crippen LogP contribution in [0.4, 0.5) is 0 Å². The average molecular weight is 312 g/mol. The van der Waals surface area contributed by atoms with E-state index in [1.807, 2.05) is 13.1 Å². The normalized spacial score (nSPS) is 12.9. The molecule has 0 amide bonds. The Labute approximate surface area is 130 Å². The fourth-order valence-electron chi connectivity index (χ4n) is 1.67. The number of rotatable bonds is 7. The van der Waals surface area contributed by atoms with Crippen molar-refractivity contribution in [3.8, 4) is 0 Å². The maximum absolute atomic E-state index is 11.3. The third kappa shape index (κ3) is 6.12. The Kier molecular flexibility index (Phi) is 7.74. The van der Waals surface area contributed by atoms with Crippen LogP contribution in [0.25, 0.3) is 0 Å². The molecule has 0 radical (unpaired) electrons. The van der Waals surface area contributed by atoms with Crippen molar-refractivity contribution in [3.05, 3.63) is 16.1 Å². The highest BCUT2D eigenvalue weighted by Gasteiger charge is 2.13. The van der Waals surface area contributed by atoms with E-state index in [0.717, 1.165) is 24.4 Å². The van der Waals surface area contributed by atoms with Crippen LogP contribution in [0, 0.1) is 5.92 Å². The Bertz CT molecular complexity index is 473. The van der Waals surface area contributed by atoms with E-state index < -0.39 is 0 Å². The summed E-state index contributed by atoms with van der Waals surface area (Å²) in [5.41, 5.74) is 0. The van der Waals surface area contributed by atoms with Gasteiger partial charge in [-0.05, 0) is 6.42 Å². The summed E-state index contributed by atoms with van der Waals surface area (Å²) in [4.78, 5) is 21.1. The van der Waals surface area contributed by atoms with E-state index in [-0.39, 0.29) is 11.9 Å². The first-order chi connectivity index (χ1) is 10.1. The number of aryl methyl sites for hydroxylation is 1. The second-order valence-corrected chi connectivity index (χ2v) is 5.83. The highest BCUT2D eigenvalue weighted by Crippen LogP contribution is 2.13. The molecule has 1 atom stereocenters. The molecule has 2 N–H and O–H groups in total. The second-order valence-electron chi connectivity index (χ2n) is 4.63. The molecule has 118 valence electrons. The minimum Gasteiger partial charge on any atom is -0.469 e. The summed E-state index contributed by atoms with van der Waals surface area (Å²) in [6.07, 6.45) is 3.82. The van der Waals surface area contributed by atoms with Crippen LogP contribution in [0.1, 0.15) is 23.7 Å². The minimum absolute atomic E-state index is 0.209. The number of methoxy groups -OCH3 is 1. The molecule has 21 heavy (non-hydrogen) atoms. The number of hydrogen-bond acceptors (Lipinski definition) is 5. The number of aliphatic imine (C=N–C) groups is 1. The van der Waals surface area contributed by atoms with Gasteiger partial charge in [0.25, 0.3) is 0 Å². The number of nitrogens with one attached hydrogen (secondary N) is 2. The number of esters is 1. The maximum atomic E-state index is 11.3. The monoisotopic (exact) mass is 312 g/mol. The first-order valence-corrected chi connectivity index (χ1v) is 7.88. The van der Waals surface area contributed by atoms with Crippen molar-refractivity contribution in [2.45, 2.75) is 26.7 Å². The number of aromatic nitrogens is 1. The molecule has 0 saturated heterocycles. The average Bonchev–Trinajstić information content (AvgIpc) is 2.97. The topological polar surface area (TPSA) is 75.6 Å². The molecule has 0 fully saturated rings. The van der Waals surface area contributed by atoms with Crippen LogP contribution in [0.15, 0.2) is 11.2 Å². The molecule has 0 spiro atoms. The van der Waals surface area contributed by atoms with Gasteiger partial charge in [0.1, 0.15) is 0 Å². The zero-order chi connectivity index (χ0) is 15.7. The molecule has 0 aliphatic carbocycles. The molecule has 1 rings (SSSR count). The predicted octanol–water partition coefficient (Wildman–Crippen LogP) is 1.22. The number of ether oxygens (including phenoxy) is 1. The summed E-state index contributed by atoms with van der Waals surface area (Å²) < 4.78 is 4.68. The van der Waals surface area contributed by atoms with Gasteiger partial charge >= 0.3 is 5.97 Å². The summed E-state index contributed by atoms with van der Waals surface area (Å²) in [5, 5.41) is 7.44. The number of hydrogen-bond donors (Lipinski definition) is 2. The fraction of sp³-hybridized carbons (Fsp3) is 0.643. The molecule has 6 nitrogen and oxygen atoms in total.